The van der Waals surface area contributed by atoms with Crippen molar-refractivity contribution in [3.8, 4) is 0 Å². The summed E-state index contributed by atoms with van der Waals surface area (Å²) in [6.45, 7) is 4.04. The molecule has 0 saturated heterocycles. The van der Waals surface area contributed by atoms with E-state index in [1.807, 2.05) is 30.3 Å². The Bertz CT molecular complexity index is 826. The van der Waals surface area contributed by atoms with E-state index in [0.29, 0.717) is 29.8 Å². The monoisotopic (exact) mass is 316 g/mol. The Morgan fingerprint density at radius 2 is 1.95 bits per heavy atom. The maximum Gasteiger partial charge on any atom is 0.184 e. The average Bonchev–Trinajstić information content (AvgIpc) is 2.89. The van der Waals surface area contributed by atoms with Crippen molar-refractivity contribution in [1.29, 1.82) is 0 Å². The molecule has 0 atom stereocenters. The summed E-state index contributed by atoms with van der Waals surface area (Å²) in [4.78, 5) is 8.43. The van der Waals surface area contributed by atoms with Crippen molar-refractivity contribution in [2.75, 3.05) is 24.9 Å². The van der Waals surface area contributed by atoms with Gasteiger partial charge in [-0.3, -0.25) is 0 Å². The molecule has 1 aromatic carbocycles. The molecule has 1 N–H and O–H groups in total. The molecule has 7 nitrogen and oxygen atoms in total. The van der Waals surface area contributed by atoms with Gasteiger partial charge in [-0.2, -0.15) is 0 Å². The van der Waals surface area contributed by atoms with E-state index in [2.05, 4.69) is 25.6 Å². The molecule has 0 fully saturated rings. The van der Waals surface area contributed by atoms with Crippen LogP contribution in [-0.2, 0) is 11.1 Å². The van der Waals surface area contributed by atoms with E-state index < -0.39 is 7.14 Å². The lowest BCUT2D eigenvalue weighted by Gasteiger charge is -2.09. The Labute approximate surface area is 128 Å². The Kier molecular flexibility index (Phi) is 3.90. The molecule has 0 bridgehead atoms. The van der Waals surface area contributed by atoms with Gasteiger partial charge < -0.3 is 9.88 Å². The third-order valence-corrected chi connectivity index (χ3v) is 4.02. The summed E-state index contributed by atoms with van der Waals surface area (Å²) in [6.07, 6.45) is 1.83. The minimum absolute atomic E-state index is 0.366. The minimum Gasteiger partial charge on any atom is -0.361 e. The first-order valence-corrected chi connectivity index (χ1v) is 9.67. The van der Waals surface area contributed by atoms with Gasteiger partial charge in [0.05, 0.1) is 20.0 Å². The van der Waals surface area contributed by atoms with Gasteiger partial charge in [-0.1, -0.05) is 35.5 Å². The summed E-state index contributed by atoms with van der Waals surface area (Å²) in [5.41, 5.74) is 2.37. The maximum absolute atomic E-state index is 11.8. The standard InChI is InChI=1S/C14H17N6OP/c1-22(2,21)10-17-13-12-14(16-9-15-13)20(19-18-12)8-11-6-4-3-5-7-11/h3-7,9H,8,10H2,1-2H3,(H,15,16,17). The summed E-state index contributed by atoms with van der Waals surface area (Å²) >= 11 is 0. The maximum atomic E-state index is 11.8. The third kappa shape index (κ3) is 3.31. The van der Waals surface area contributed by atoms with E-state index in [4.69, 9.17) is 0 Å². The molecule has 3 rings (SSSR count). The van der Waals surface area contributed by atoms with E-state index >= 15 is 0 Å². The van der Waals surface area contributed by atoms with Gasteiger partial charge in [-0.05, 0) is 18.9 Å². The van der Waals surface area contributed by atoms with Crippen LogP contribution in [0, 0.1) is 0 Å². The minimum atomic E-state index is -2.18. The normalized spacial score (nSPS) is 11.7. The first-order chi connectivity index (χ1) is 10.5. The summed E-state index contributed by atoms with van der Waals surface area (Å²) in [5, 5.41) is 11.4. The van der Waals surface area contributed by atoms with Gasteiger partial charge >= 0.3 is 0 Å². The van der Waals surface area contributed by atoms with Crippen molar-refractivity contribution in [1.82, 2.24) is 25.0 Å². The Balaban J connectivity index is 1.90. The predicted octanol–water partition coefficient (Wildman–Crippen LogP) is 2.26. The van der Waals surface area contributed by atoms with Gasteiger partial charge in [-0.25, -0.2) is 14.6 Å². The molecular weight excluding hydrogens is 299 g/mol. The number of hydrogen-bond acceptors (Lipinski definition) is 6. The van der Waals surface area contributed by atoms with E-state index in [0.717, 1.165) is 5.56 Å². The highest BCUT2D eigenvalue weighted by atomic mass is 31.2. The van der Waals surface area contributed by atoms with Gasteiger partial charge in [0.25, 0.3) is 0 Å². The van der Waals surface area contributed by atoms with Gasteiger partial charge in [-0.15, -0.1) is 5.10 Å². The molecule has 114 valence electrons. The molecule has 22 heavy (non-hydrogen) atoms. The zero-order chi connectivity index (χ0) is 15.6. The van der Waals surface area contributed by atoms with Crippen LogP contribution >= 0.6 is 7.14 Å². The summed E-state index contributed by atoms with van der Waals surface area (Å²) in [7, 11) is -2.18. The molecule has 8 heteroatoms. The van der Waals surface area contributed by atoms with Crippen molar-refractivity contribution in [3.05, 3.63) is 42.2 Å². The van der Waals surface area contributed by atoms with Gasteiger partial charge in [0.15, 0.2) is 17.0 Å². The predicted molar refractivity (Wildman–Crippen MR) is 86.6 cm³/mol. The lowest BCUT2D eigenvalue weighted by atomic mass is 10.2. The molecule has 0 spiro atoms. The molecule has 3 aromatic rings. The van der Waals surface area contributed by atoms with E-state index in [1.165, 1.54) is 6.33 Å². The number of fused-ring (bicyclic) bond motifs is 1. The van der Waals surface area contributed by atoms with Crippen molar-refractivity contribution in [3.63, 3.8) is 0 Å². The van der Waals surface area contributed by atoms with Crippen LogP contribution in [0.15, 0.2) is 36.7 Å². The molecule has 0 aliphatic heterocycles. The highest BCUT2D eigenvalue weighted by Gasteiger charge is 2.14. The zero-order valence-corrected chi connectivity index (χ0v) is 13.4. The molecule has 0 radical (unpaired) electrons. The van der Waals surface area contributed by atoms with Crippen LogP contribution in [0.4, 0.5) is 5.82 Å². The smallest absolute Gasteiger partial charge is 0.184 e. The lowest BCUT2D eigenvalue weighted by molar-refractivity contribution is 0.583. The van der Waals surface area contributed by atoms with Crippen LogP contribution in [0.3, 0.4) is 0 Å². The van der Waals surface area contributed by atoms with E-state index in [9.17, 15) is 4.57 Å². The Hall–Kier alpha value is -2.27. The lowest BCUT2D eigenvalue weighted by Crippen LogP contribution is -2.05. The van der Waals surface area contributed by atoms with Gasteiger partial charge in [0, 0.05) is 0 Å². The SMILES string of the molecule is CP(C)(=O)CNc1ncnc2c1nnn2Cc1ccccc1. The van der Waals surface area contributed by atoms with Gasteiger partial charge in [0.1, 0.15) is 6.33 Å². The summed E-state index contributed by atoms with van der Waals surface area (Å²) < 4.78 is 13.6. The molecular formula is C14H17N6OP. The molecule has 2 heterocycles. The zero-order valence-electron chi connectivity index (χ0n) is 12.5. The van der Waals surface area contributed by atoms with Crippen molar-refractivity contribution in [2.24, 2.45) is 0 Å². The largest absolute Gasteiger partial charge is 0.361 e. The Morgan fingerprint density at radius 1 is 1.18 bits per heavy atom. The van der Waals surface area contributed by atoms with Crippen LogP contribution in [0.2, 0.25) is 0 Å². The van der Waals surface area contributed by atoms with Crippen LogP contribution in [-0.4, -0.2) is 44.6 Å². The van der Waals surface area contributed by atoms with Crippen molar-refractivity contribution < 1.29 is 4.57 Å². The summed E-state index contributed by atoms with van der Waals surface area (Å²) in [6, 6.07) is 9.99. The number of hydrogen-bond donors (Lipinski definition) is 1. The Morgan fingerprint density at radius 3 is 2.68 bits per heavy atom. The molecule has 0 aliphatic carbocycles. The number of rotatable bonds is 5. The van der Waals surface area contributed by atoms with Crippen LogP contribution in [0.1, 0.15) is 5.56 Å². The quantitative estimate of drug-likeness (QED) is 0.727. The number of nitrogens with zero attached hydrogens (tertiary/aromatic N) is 5. The molecule has 0 unspecified atom stereocenters. The van der Waals surface area contributed by atoms with E-state index in [-0.39, 0.29) is 0 Å². The van der Waals surface area contributed by atoms with Crippen molar-refractivity contribution in [2.45, 2.75) is 6.54 Å². The number of anilines is 1. The van der Waals surface area contributed by atoms with Crippen LogP contribution < -0.4 is 5.32 Å². The first kappa shape index (κ1) is 14.7. The first-order valence-electron chi connectivity index (χ1n) is 6.89. The third-order valence-electron chi connectivity index (χ3n) is 3.10. The molecule has 0 amide bonds. The van der Waals surface area contributed by atoms with Crippen LogP contribution in [0.25, 0.3) is 11.2 Å². The number of benzene rings is 1. The second kappa shape index (κ2) is 5.85. The fourth-order valence-corrected chi connectivity index (χ4v) is 2.58. The topological polar surface area (TPSA) is 85.6 Å². The summed E-state index contributed by atoms with van der Waals surface area (Å²) in [5.74, 6) is 0.563. The second-order valence-corrected chi connectivity index (χ2v) is 9.00. The fourth-order valence-electron chi connectivity index (χ4n) is 2.05. The second-order valence-electron chi connectivity index (χ2n) is 5.54. The van der Waals surface area contributed by atoms with Crippen LogP contribution in [0.5, 0.6) is 0 Å². The molecule has 2 aromatic heterocycles. The highest BCUT2D eigenvalue weighted by molar-refractivity contribution is 7.62. The molecule has 0 saturated carbocycles. The average molecular weight is 316 g/mol. The van der Waals surface area contributed by atoms with Gasteiger partial charge in [0.2, 0.25) is 0 Å². The number of aromatic nitrogens is 5. The van der Waals surface area contributed by atoms with Crippen molar-refractivity contribution >= 4 is 24.1 Å². The fraction of sp³-hybridized carbons (Fsp3) is 0.286. The van der Waals surface area contributed by atoms with E-state index in [1.54, 1.807) is 18.0 Å². The highest BCUT2D eigenvalue weighted by Crippen LogP contribution is 2.35. The molecule has 0 aliphatic rings. The number of nitrogens with one attached hydrogen (secondary N) is 1.